The fourth-order valence-electron chi connectivity index (χ4n) is 3.21. The smallest absolute Gasteiger partial charge is 0.264 e. The van der Waals surface area contributed by atoms with E-state index in [2.05, 4.69) is 32.0 Å². The van der Waals surface area contributed by atoms with Crippen LogP contribution in [0.1, 0.15) is 29.4 Å². The van der Waals surface area contributed by atoms with Crippen molar-refractivity contribution in [3.05, 3.63) is 59.0 Å². The van der Waals surface area contributed by atoms with Crippen molar-refractivity contribution in [1.29, 1.82) is 0 Å². The Morgan fingerprint density at radius 3 is 2.88 bits per heavy atom. The number of carbonyl (C=O) groups excluding carboxylic acids is 1. The fraction of sp³-hybridized carbons (Fsp3) is 0.300. The van der Waals surface area contributed by atoms with E-state index >= 15 is 0 Å². The van der Waals surface area contributed by atoms with Crippen LogP contribution in [-0.2, 0) is 17.9 Å². The number of hydrogen-bond donors (Lipinski definition) is 0. The molecule has 0 radical (unpaired) electrons. The molecule has 2 aromatic heterocycles. The van der Waals surface area contributed by atoms with Crippen LogP contribution in [0.2, 0.25) is 0 Å². The van der Waals surface area contributed by atoms with E-state index in [4.69, 9.17) is 14.1 Å². The van der Waals surface area contributed by atoms with Gasteiger partial charge in [0.15, 0.2) is 6.10 Å². The average Bonchev–Trinajstić information content (AvgIpc) is 3.07. The number of furan rings is 1. The maximum absolute atomic E-state index is 12.7. The van der Waals surface area contributed by atoms with E-state index in [9.17, 15) is 4.79 Å². The molecule has 0 fully saturated rings. The molecule has 1 unspecified atom stereocenters. The van der Waals surface area contributed by atoms with Gasteiger partial charge in [-0.25, -0.2) is 4.98 Å². The minimum absolute atomic E-state index is 0.0636. The first-order valence-electron chi connectivity index (χ1n) is 8.40. The number of nitrogens with zero attached hydrogens (tertiary/aromatic N) is 2. The Balaban J connectivity index is 1.78. The summed E-state index contributed by atoms with van der Waals surface area (Å²) in [5, 5.41) is 1.06. The Kier molecular flexibility index (Phi) is 3.71. The van der Waals surface area contributed by atoms with Crippen molar-refractivity contribution >= 4 is 16.8 Å². The van der Waals surface area contributed by atoms with Crippen molar-refractivity contribution in [1.82, 2.24) is 9.88 Å². The van der Waals surface area contributed by atoms with Crippen LogP contribution >= 0.6 is 0 Å². The van der Waals surface area contributed by atoms with Crippen molar-refractivity contribution in [3.63, 3.8) is 0 Å². The lowest BCUT2D eigenvalue weighted by Gasteiger charge is -2.20. The first-order valence-corrected chi connectivity index (χ1v) is 8.40. The summed E-state index contributed by atoms with van der Waals surface area (Å²) in [7, 11) is 0. The predicted molar refractivity (Wildman–Crippen MR) is 94.3 cm³/mol. The van der Waals surface area contributed by atoms with Crippen LogP contribution in [0.15, 0.2) is 41.0 Å². The quantitative estimate of drug-likeness (QED) is 0.715. The van der Waals surface area contributed by atoms with E-state index in [0.717, 1.165) is 27.8 Å². The summed E-state index contributed by atoms with van der Waals surface area (Å²) < 4.78 is 11.3. The monoisotopic (exact) mass is 336 g/mol. The average molecular weight is 336 g/mol. The molecule has 4 rings (SSSR count). The van der Waals surface area contributed by atoms with E-state index in [1.54, 1.807) is 18.1 Å². The normalized spacial score (nSPS) is 17.3. The van der Waals surface area contributed by atoms with E-state index < -0.39 is 6.10 Å². The van der Waals surface area contributed by atoms with Gasteiger partial charge in [0, 0.05) is 10.9 Å². The summed E-state index contributed by atoms with van der Waals surface area (Å²) in [6, 6.07) is 9.93. The number of ether oxygens (including phenoxy) is 1. The molecule has 3 heterocycles. The van der Waals surface area contributed by atoms with E-state index in [1.807, 2.05) is 12.1 Å². The largest absolute Gasteiger partial charge is 0.467 e. The molecule has 1 atom stereocenters. The number of carbonyl (C=O) groups is 1. The van der Waals surface area contributed by atoms with Crippen LogP contribution in [0, 0.1) is 13.8 Å². The standard InChI is InChI=1S/C20H20N2O3/c1-12-6-7-15-9-16-10-22(11-17-5-4-8-24-17)20(23)14(3)25-19(16)21-18(15)13(12)2/h4-9,14H,10-11H2,1-3H3. The minimum Gasteiger partial charge on any atom is -0.467 e. The molecule has 1 aliphatic heterocycles. The Bertz CT molecular complexity index is 947. The molecular formula is C20H20N2O3. The van der Waals surface area contributed by atoms with Crippen LogP contribution in [0.3, 0.4) is 0 Å². The number of fused-ring (bicyclic) bond motifs is 2. The second-order valence-corrected chi connectivity index (χ2v) is 6.57. The molecule has 25 heavy (non-hydrogen) atoms. The van der Waals surface area contributed by atoms with Crippen molar-refractivity contribution in [2.75, 3.05) is 0 Å². The Morgan fingerprint density at radius 2 is 2.12 bits per heavy atom. The molecule has 0 spiro atoms. The number of pyridine rings is 1. The number of hydrogen-bond acceptors (Lipinski definition) is 4. The van der Waals surface area contributed by atoms with Gasteiger partial charge in [-0.2, -0.15) is 0 Å². The molecule has 0 saturated heterocycles. The summed E-state index contributed by atoms with van der Waals surface area (Å²) in [4.78, 5) is 19.2. The third-order valence-electron chi connectivity index (χ3n) is 4.79. The summed E-state index contributed by atoms with van der Waals surface area (Å²) in [5.41, 5.74) is 4.18. The third kappa shape index (κ3) is 2.76. The van der Waals surface area contributed by atoms with Gasteiger partial charge in [-0.3, -0.25) is 4.79 Å². The molecule has 128 valence electrons. The highest BCUT2D eigenvalue weighted by Crippen LogP contribution is 2.30. The van der Waals surface area contributed by atoms with Gasteiger partial charge in [-0.1, -0.05) is 12.1 Å². The molecular weight excluding hydrogens is 316 g/mol. The fourth-order valence-corrected chi connectivity index (χ4v) is 3.21. The van der Waals surface area contributed by atoms with Crippen LogP contribution in [0.5, 0.6) is 5.88 Å². The van der Waals surface area contributed by atoms with E-state index in [-0.39, 0.29) is 5.91 Å². The Labute approximate surface area is 146 Å². The third-order valence-corrected chi connectivity index (χ3v) is 4.79. The predicted octanol–water partition coefficient (Wildman–Crippen LogP) is 3.75. The van der Waals surface area contributed by atoms with Crippen molar-refractivity contribution in [2.45, 2.75) is 40.0 Å². The molecule has 3 aromatic rings. The number of aromatic nitrogens is 1. The topological polar surface area (TPSA) is 55.6 Å². The summed E-state index contributed by atoms with van der Waals surface area (Å²) in [5.74, 6) is 1.24. The highest BCUT2D eigenvalue weighted by molar-refractivity contribution is 5.85. The van der Waals surface area contributed by atoms with Crippen LogP contribution in [-0.4, -0.2) is 21.9 Å². The summed E-state index contributed by atoms with van der Waals surface area (Å²) >= 11 is 0. The number of aryl methyl sites for hydroxylation is 2. The minimum atomic E-state index is -0.578. The van der Waals surface area contributed by atoms with Gasteiger partial charge in [0.05, 0.1) is 24.9 Å². The lowest BCUT2D eigenvalue weighted by molar-refractivity contribution is -0.138. The number of benzene rings is 1. The van der Waals surface area contributed by atoms with Crippen LogP contribution in [0.25, 0.3) is 10.9 Å². The molecule has 1 aliphatic rings. The van der Waals surface area contributed by atoms with E-state index in [1.165, 1.54) is 5.56 Å². The van der Waals surface area contributed by atoms with Crippen molar-refractivity contribution in [3.8, 4) is 5.88 Å². The molecule has 0 aliphatic carbocycles. The Hall–Kier alpha value is -2.82. The zero-order valence-electron chi connectivity index (χ0n) is 14.6. The van der Waals surface area contributed by atoms with Gasteiger partial charge in [0.2, 0.25) is 5.88 Å². The highest BCUT2D eigenvalue weighted by Gasteiger charge is 2.29. The first kappa shape index (κ1) is 15.7. The maximum Gasteiger partial charge on any atom is 0.264 e. The zero-order valence-corrected chi connectivity index (χ0v) is 14.6. The lowest BCUT2D eigenvalue weighted by Crippen LogP contribution is -2.37. The first-order chi connectivity index (χ1) is 12.0. The SMILES string of the molecule is Cc1ccc2cc3c(nc2c1C)OC(C)C(=O)N(Cc1ccco1)C3. The van der Waals surface area contributed by atoms with Gasteiger partial charge in [0.1, 0.15) is 5.76 Å². The highest BCUT2D eigenvalue weighted by atomic mass is 16.5. The van der Waals surface area contributed by atoms with Gasteiger partial charge in [0.25, 0.3) is 5.91 Å². The molecule has 0 N–H and O–H groups in total. The van der Waals surface area contributed by atoms with E-state index in [0.29, 0.717) is 19.0 Å². The second kappa shape index (κ2) is 5.92. The molecule has 0 saturated carbocycles. The molecule has 1 aromatic carbocycles. The van der Waals surface area contributed by atoms with Crippen LogP contribution < -0.4 is 4.74 Å². The van der Waals surface area contributed by atoms with Crippen LogP contribution in [0.4, 0.5) is 0 Å². The zero-order chi connectivity index (χ0) is 17.6. The molecule has 5 heteroatoms. The van der Waals surface area contributed by atoms with Crippen molar-refractivity contribution < 1.29 is 13.9 Å². The second-order valence-electron chi connectivity index (χ2n) is 6.57. The maximum atomic E-state index is 12.7. The summed E-state index contributed by atoms with van der Waals surface area (Å²) in [6.07, 6.45) is 1.04. The molecule has 1 amide bonds. The molecule has 0 bridgehead atoms. The van der Waals surface area contributed by atoms with Gasteiger partial charge < -0.3 is 14.1 Å². The van der Waals surface area contributed by atoms with Crippen molar-refractivity contribution in [2.24, 2.45) is 0 Å². The lowest BCUT2D eigenvalue weighted by atomic mass is 10.0. The summed E-state index contributed by atoms with van der Waals surface area (Å²) in [6.45, 7) is 6.77. The number of rotatable bonds is 2. The Morgan fingerprint density at radius 1 is 1.28 bits per heavy atom. The van der Waals surface area contributed by atoms with Gasteiger partial charge in [-0.05, 0) is 50.1 Å². The number of amides is 1. The molecule has 5 nitrogen and oxygen atoms in total. The van der Waals surface area contributed by atoms with Gasteiger partial charge in [-0.15, -0.1) is 0 Å². The van der Waals surface area contributed by atoms with Gasteiger partial charge >= 0.3 is 0 Å².